The summed E-state index contributed by atoms with van der Waals surface area (Å²) in [5, 5.41) is 0.653. The molecular weight excluding hydrogens is 238 g/mol. The smallest absolute Gasteiger partial charge is 0.356 e. The summed E-state index contributed by atoms with van der Waals surface area (Å²) in [4.78, 5) is 15.3. The zero-order valence-corrected chi connectivity index (χ0v) is 9.94. The Morgan fingerprint density at radius 3 is 2.59 bits per heavy atom. The van der Waals surface area contributed by atoms with Crippen molar-refractivity contribution in [2.24, 2.45) is 0 Å². The summed E-state index contributed by atoms with van der Waals surface area (Å²) in [7, 11) is 1.33. The lowest BCUT2D eigenvalue weighted by Crippen LogP contribution is -2.03. The van der Waals surface area contributed by atoms with E-state index in [0.29, 0.717) is 5.02 Å². The van der Waals surface area contributed by atoms with Gasteiger partial charge in [0.1, 0.15) is 5.69 Å². The Morgan fingerprint density at radius 2 is 2.00 bits per heavy atom. The molecule has 0 bridgehead atoms. The molecule has 0 amide bonds. The standard InChI is InChI=1S/C13H10ClNO2/c1-17-13(16)12-7-6-9(8-15-12)10-4-2-3-5-11(10)14/h2-8H,1H3. The van der Waals surface area contributed by atoms with Gasteiger partial charge in [0, 0.05) is 22.3 Å². The number of benzene rings is 1. The van der Waals surface area contributed by atoms with Crippen LogP contribution in [0.25, 0.3) is 11.1 Å². The van der Waals surface area contributed by atoms with E-state index in [4.69, 9.17) is 11.6 Å². The van der Waals surface area contributed by atoms with Crippen LogP contribution in [-0.2, 0) is 4.74 Å². The molecule has 0 saturated heterocycles. The molecule has 0 saturated carbocycles. The van der Waals surface area contributed by atoms with Crippen LogP contribution in [0.3, 0.4) is 0 Å². The normalized spacial score (nSPS) is 10.0. The highest BCUT2D eigenvalue weighted by Gasteiger charge is 2.08. The van der Waals surface area contributed by atoms with Gasteiger partial charge in [-0.25, -0.2) is 9.78 Å². The number of rotatable bonds is 2. The molecule has 0 aliphatic carbocycles. The molecule has 0 radical (unpaired) electrons. The maximum Gasteiger partial charge on any atom is 0.356 e. The van der Waals surface area contributed by atoms with E-state index < -0.39 is 5.97 Å². The first-order chi connectivity index (χ1) is 8.22. The van der Waals surface area contributed by atoms with Gasteiger partial charge in [-0.15, -0.1) is 0 Å². The molecule has 86 valence electrons. The van der Waals surface area contributed by atoms with Crippen LogP contribution in [0.1, 0.15) is 10.5 Å². The van der Waals surface area contributed by atoms with Crippen molar-refractivity contribution in [3.8, 4) is 11.1 Å². The van der Waals surface area contributed by atoms with Crippen molar-refractivity contribution in [3.05, 3.63) is 53.3 Å². The second kappa shape index (κ2) is 4.97. The molecular formula is C13H10ClNO2. The first-order valence-corrected chi connectivity index (χ1v) is 5.39. The van der Waals surface area contributed by atoms with E-state index >= 15 is 0 Å². The van der Waals surface area contributed by atoms with Crippen LogP contribution in [0.4, 0.5) is 0 Å². The first-order valence-electron chi connectivity index (χ1n) is 5.01. The molecule has 0 aliphatic rings. The van der Waals surface area contributed by atoms with Gasteiger partial charge >= 0.3 is 5.97 Å². The zero-order chi connectivity index (χ0) is 12.3. The number of ether oxygens (including phenoxy) is 1. The molecule has 0 N–H and O–H groups in total. The number of methoxy groups -OCH3 is 1. The SMILES string of the molecule is COC(=O)c1ccc(-c2ccccc2Cl)cn1. The topological polar surface area (TPSA) is 39.2 Å². The minimum Gasteiger partial charge on any atom is -0.464 e. The molecule has 3 nitrogen and oxygen atoms in total. The lowest BCUT2D eigenvalue weighted by Gasteiger charge is -2.04. The van der Waals surface area contributed by atoms with Crippen LogP contribution in [0.5, 0.6) is 0 Å². The van der Waals surface area contributed by atoms with Gasteiger partial charge in [-0.3, -0.25) is 0 Å². The predicted molar refractivity (Wildman–Crippen MR) is 66.0 cm³/mol. The number of carbonyl (C=O) groups excluding carboxylic acids is 1. The van der Waals surface area contributed by atoms with Crippen molar-refractivity contribution in [1.82, 2.24) is 4.98 Å². The highest BCUT2D eigenvalue weighted by atomic mass is 35.5. The van der Waals surface area contributed by atoms with Gasteiger partial charge in [-0.2, -0.15) is 0 Å². The van der Waals surface area contributed by atoms with E-state index in [1.165, 1.54) is 7.11 Å². The van der Waals surface area contributed by atoms with Crippen LogP contribution in [0, 0.1) is 0 Å². The Balaban J connectivity index is 2.36. The zero-order valence-electron chi connectivity index (χ0n) is 9.18. The third-order valence-electron chi connectivity index (χ3n) is 2.34. The Morgan fingerprint density at radius 1 is 1.24 bits per heavy atom. The van der Waals surface area contributed by atoms with Gasteiger partial charge in [0.2, 0.25) is 0 Å². The van der Waals surface area contributed by atoms with Crippen molar-refractivity contribution in [3.63, 3.8) is 0 Å². The third kappa shape index (κ3) is 2.45. The maximum atomic E-state index is 11.2. The molecule has 2 aromatic rings. The maximum absolute atomic E-state index is 11.2. The summed E-state index contributed by atoms with van der Waals surface area (Å²) >= 11 is 6.07. The average Bonchev–Trinajstić information content (AvgIpc) is 2.39. The number of hydrogen-bond donors (Lipinski definition) is 0. The van der Waals surface area contributed by atoms with Crippen LogP contribution in [-0.4, -0.2) is 18.1 Å². The van der Waals surface area contributed by atoms with Gasteiger partial charge in [0.05, 0.1) is 7.11 Å². The van der Waals surface area contributed by atoms with E-state index in [0.717, 1.165) is 11.1 Å². The van der Waals surface area contributed by atoms with E-state index in [-0.39, 0.29) is 5.69 Å². The largest absolute Gasteiger partial charge is 0.464 e. The van der Waals surface area contributed by atoms with Gasteiger partial charge < -0.3 is 4.74 Å². The second-order valence-corrected chi connectivity index (χ2v) is 3.81. The fraction of sp³-hybridized carbons (Fsp3) is 0.0769. The number of aromatic nitrogens is 1. The van der Waals surface area contributed by atoms with Crippen molar-refractivity contribution in [2.75, 3.05) is 7.11 Å². The quantitative estimate of drug-likeness (QED) is 0.765. The highest BCUT2D eigenvalue weighted by molar-refractivity contribution is 6.33. The van der Waals surface area contributed by atoms with Crippen LogP contribution in [0.2, 0.25) is 5.02 Å². The molecule has 17 heavy (non-hydrogen) atoms. The number of pyridine rings is 1. The van der Waals surface area contributed by atoms with Crippen molar-refractivity contribution >= 4 is 17.6 Å². The minimum atomic E-state index is -0.448. The van der Waals surface area contributed by atoms with Crippen molar-refractivity contribution in [1.29, 1.82) is 0 Å². The van der Waals surface area contributed by atoms with Gasteiger partial charge in [-0.05, 0) is 12.1 Å². The van der Waals surface area contributed by atoms with E-state index in [2.05, 4.69) is 9.72 Å². The molecule has 0 aliphatic heterocycles. The Labute approximate surface area is 104 Å². The molecule has 0 unspecified atom stereocenters. The van der Waals surface area contributed by atoms with Crippen LogP contribution >= 0.6 is 11.6 Å². The Bertz CT molecular complexity index is 537. The molecule has 0 spiro atoms. The fourth-order valence-electron chi connectivity index (χ4n) is 1.47. The van der Waals surface area contributed by atoms with Crippen molar-refractivity contribution < 1.29 is 9.53 Å². The second-order valence-electron chi connectivity index (χ2n) is 3.40. The molecule has 0 fully saturated rings. The van der Waals surface area contributed by atoms with Crippen LogP contribution in [0.15, 0.2) is 42.6 Å². The lowest BCUT2D eigenvalue weighted by atomic mass is 10.1. The first kappa shape index (κ1) is 11.6. The summed E-state index contributed by atoms with van der Waals surface area (Å²) < 4.78 is 4.58. The number of hydrogen-bond acceptors (Lipinski definition) is 3. The molecule has 4 heteroatoms. The lowest BCUT2D eigenvalue weighted by molar-refractivity contribution is 0.0594. The number of halogens is 1. The van der Waals surface area contributed by atoms with Crippen molar-refractivity contribution in [2.45, 2.75) is 0 Å². The summed E-state index contributed by atoms with van der Waals surface area (Å²) in [6, 6.07) is 10.9. The monoisotopic (exact) mass is 247 g/mol. The fourth-order valence-corrected chi connectivity index (χ4v) is 1.72. The minimum absolute atomic E-state index is 0.281. The molecule has 1 aromatic heterocycles. The van der Waals surface area contributed by atoms with Gasteiger partial charge in [0.25, 0.3) is 0 Å². The molecule has 1 heterocycles. The average molecular weight is 248 g/mol. The van der Waals surface area contributed by atoms with Crippen LogP contribution < -0.4 is 0 Å². The van der Waals surface area contributed by atoms with Gasteiger partial charge in [-0.1, -0.05) is 35.9 Å². The summed E-state index contributed by atoms with van der Waals surface area (Å²) in [5.74, 6) is -0.448. The van der Waals surface area contributed by atoms with Gasteiger partial charge in [0.15, 0.2) is 0 Å². The predicted octanol–water partition coefficient (Wildman–Crippen LogP) is 3.19. The summed E-state index contributed by atoms with van der Waals surface area (Å²) in [5.41, 5.74) is 2.03. The number of carbonyl (C=O) groups is 1. The Hall–Kier alpha value is -1.87. The molecule has 2 rings (SSSR count). The summed E-state index contributed by atoms with van der Waals surface area (Å²) in [6.45, 7) is 0. The number of esters is 1. The van der Waals surface area contributed by atoms with E-state index in [9.17, 15) is 4.79 Å². The number of nitrogens with zero attached hydrogens (tertiary/aromatic N) is 1. The highest BCUT2D eigenvalue weighted by Crippen LogP contribution is 2.26. The summed E-state index contributed by atoms with van der Waals surface area (Å²) in [6.07, 6.45) is 1.60. The molecule has 1 aromatic carbocycles. The third-order valence-corrected chi connectivity index (χ3v) is 2.67. The van der Waals surface area contributed by atoms with E-state index in [1.807, 2.05) is 24.3 Å². The molecule has 0 atom stereocenters. The Kier molecular flexibility index (Phi) is 3.40. The van der Waals surface area contributed by atoms with E-state index in [1.54, 1.807) is 18.3 Å².